The summed E-state index contributed by atoms with van der Waals surface area (Å²) in [5.74, 6) is -1.70. The van der Waals surface area contributed by atoms with Crippen LogP contribution in [0, 0.1) is 0 Å². The predicted octanol–water partition coefficient (Wildman–Crippen LogP) is 3.55. The number of benzene rings is 3. The molecule has 48 heavy (non-hydrogen) atoms. The molecule has 2 aliphatic heterocycles. The van der Waals surface area contributed by atoms with E-state index in [4.69, 9.17) is 4.74 Å². The zero-order valence-electron chi connectivity index (χ0n) is 26.8. The van der Waals surface area contributed by atoms with Gasteiger partial charge in [-0.1, -0.05) is 66.7 Å². The number of aliphatic hydroxyl groups is 1. The van der Waals surface area contributed by atoms with Gasteiger partial charge >= 0.3 is 5.97 Å². The molecular weight excluding hydrogens is 651 g/mol. The van der Waals surface area contributed by atoms with Gasteiger partial charge in [-0.3, -0.25) is 14.4 Å². The molecular formula is C36H43N3O7S2. The van der Waals surface area contributed by atoms with E-state index in [-0.39, 0.29) is 63.7 Å². The molecule has 0 unspecified atom stereocenters. The van der Waals surface area contributed by atoms with Crippen LogP contribution in [0.4, 0.5) is 0 Å². The van der Waals surface area contributed by atoms with Crippen LogP contribution in [0.25, 0.3) is 0 Å². The van der Waals surface area contributed by atoms with Crippen molar-refractivity contribution >= 4 is 50.7 Å². The molecule has 2 fully saturated rings. The number of amides is 3. The number of aliphatic carboxylic acids is 1. The Morgan fingerprint density at radius 1 is 0.875 bits per heavy atom. The number of aliphatic hydroxyl groups excluding tert-OH is 1. The number of carbonyl (C=O) groups is 4. The highest BCUT2D eigenvalue weighted by molar-refractivity contribution is 7.59. The van der Waals surface area contributed by atoms with Gasteiger partial charge < -0.3 is 30.1 Å². The van der Waals surface area contributed by atoms with E-state index < -0.39 is 29.4 Å². The Morgan fingerprint density at radius 3 is 2.21 bits per heavy atom. The minimum Gasteiger partial charge on any atom is -0.496 e. The second kappa shape index (κ2) is 15.5. The first-order chi connectivity index (χ1) is 22.2. The third-order valence-electron chi connectivity index (χ3n) is 9.85. The van der Waals surface area contributed by atoms with Crippen LogP contribution in [-0.4, -0.2) is 88.6 Å². The lowest BCUT2D eigenvalue weighted by Crippen LogP contribution is -2.54. The standard InChI is InChI=1S/C36H39N3O7.2H2S/c1-46-31-14-8-6-12-28(31)32(41)37-24-16-19-38(20-17-24)33(42)27-15-18-36(23-9-3-2-4-10-23,29-13-7-5-11-26(27)29)35(45)39-22-25(40)21-30(39)34(43)44;;/h2-14,24-25,27,30,40H,15-22H2,1H3,(H,37,41)(H,43,44);2*1H2/t25-,27+,30+,36-;;/m1../s1. The van der Waals surface area contributed by atoms with Crippen LogP contribution in [-0.2, 0) is 19.8 Å². The topological polar surface area (TPSA) is 136 Å². The first kappa shape index (κ1) is 36.8. The van der Waals surface area contributed by atoms with Crippen molar-refractivity contribution in [2.45, 2.75) is 61.6 Å². The van der Waals surface area contributed by atoms with E-state index >= 15 is 0 Å². The zero-order valence-corrected chi connectivity index (χ0v) is 28.8. The number of nitrogens with one attached hydrogen (secondary N) is 1. The lowest BCUT2D eigenvalue weighted by atomic mass is 9.62. The zero-order chi connectivity index (χ0) is 32.4. The number of para-hydroxylation sites is 1. The number of ether oxygens (including phenoxy) is 1. The number of fused-ring (bicyclic) bond motifs is 1. The third kappa shape index (κ3) is 6.79. The van der Waals surface area contributed by atoms with Crippen LogP contribution in [0.15, 0.2) is 78.9 Å². The van der Waals surface area contributed by atoms with E-state index in [2.05, 4.69) is 5.32 Å². The smallest absolute Gasteiger partial charge is 0.326 e. The molecule has 6 rings (SSSR count). The van der Waals surface area contributed by atoms with Gasteiger partial charge in [0.05, 0.1) is 30.1 Å². The number of β-amino-alcohol motifs (C(OH)–C–C–N with tert-alkyl or cyclic N) is 1. The van der Waals surface area contributed by atoms with Crippen LogP contribution in [0.3, 0.4) is 0 Å². The molecule has 10 nitrogen and oxygen atoms in total. The molecule has 0 spiro atoms. The molecule has 3 aliphatic rings. The van der Waals surface area contributed by atoms with Crippen LogP contribution in [0.1, 0.15) is 65.1 Å². The van der Waals surface area contributed by atoms with E-state index in [1.165, 1.54) is 12.0 Å². The third-order valence-corrected chi connectivity index (χ3v) is 9.85. The Kier molecular flexibility index (Phi) is 11.9. The fraction of sp³-hybridized carbons (Fsp3) is 0.389. The largest absolute Gasteiger partial charge is 0.496 e. The number of piperidine rings is 1. The maximum Gasteiger partial charge on any atom is 0.326 e. The molecule has 4 atom stereocenters. The summed E-state index contributed by atoms with van der Waals surface area (Å²) in [4.78, 5) is 57.0. The van der Waals surface area contributed by atoms with Gasteiger partial charge in [-0.25, -0.2) is 4.79 Å². The summed E-state index contributed by atoms with van der Waals surface area (Å²) in [7, 11) is 1.53. The molecule has 1 aliphatic carbocycles. The van der Waals surface area contributed by atoms with Gasteiger partial charge in [0.1, 0.15) is 11.8 Å². The fourth-order valence-corrected chi connectivity index (χ4v) is 7.54. The lowest BCUT2D eigenvalue weighted by molar-refractivity contribution is -0.150. The van der Waals surface area contributed by atoms with E-state index in [0.29, 0.717) is 55.6 Å². The average molecular weight is 694 g/mol. The normalized spacial score (nSPS) is 23.6. The van der Waals surface area contributed by atoms with Crippen molar-refractivity contribution < 1.29 is 34.1 Å². The number of methoxy groups -OCH3 is 1. The monoisotopic (exact) mass is 693 g/mol. The van der Waals surface area contributed by atoms with Crippen LogP contribution >= 0.6 is 27.0 Å². The van der Waals surface area contributed by atoms with Crippen molar-refractivity contribution in [2.24, 2.45) is 0 Å². The van der Waals surface area contributed by atoms with Crippen molar-refractivity contribution in [3.63, 3.8) is 0 Å². The summed E-state index contributed by atoms with van der Waals surface area (Å²) in [6, 6.07) is 22.7. The van der Waals surface area contributed by atoms with Gasteiger partial charge in [-0.05, 0) is 54.5 Å². The average Bonchev–Trinajstić information content (AvgIpc) is 3.49. The van der Waals surface area contributed by atoms with E-state index in [1.54, 1.807) is 18.2 Å². The summed E-state index contributed by atoms with van der Waals surface area (Å²) < 4.78 is 5.33. The van der Waals surface area contributed by atoms with E-state index in [1.807, 2.05) is 65.6 Å². The van der Waals surface area contributed by atoms with Crippen molar-refractivity contribution in [1.82, 2.24) is 15.1 Å². The highest BCUT2D eigenvalue weighted by atomic mass is 32.1. The number of carboxylic acids is 1. The summed E-state index contributed by atoms with van der Waals surface area (Å²) in [5.41, 5.74) is 1.45. The highest BCUT2D eigenvalue weighted by Gasteiger charge is 2.53. The van der Waals surface area contributed by atoms with Gasteiger partial charge in [0.15, 0.2) is 0 Å². The summed E-state index contributed by atoms with van der Waals surface area (Å²) in [6.45, 7) is 0.920. The minimum atomic E-state index is -1.21. The Morgan fingerprint density at radius 2 is 1.52 bits per heavy atom. The lowest BCUT2D eigenvalue weighted by Gasteiger charge is -2.44. The highest BCUT2D eigenvalue weighted by Crippen LogP contribution is 2.49. The molecule has 256 valence electrons. The number of nitrogens with zero attached hydrogens (tertiary/aromatic N) is 2. The maximum absolute atomic E-state index is 14.6. The van der Waals surface area contributed by atoms with Crippen LogP contribution < -0.4 is 10.1 Å². The quantitative estimate of drug-likeness (QED) is 0.345. The number of hydrogen-bond acceptors (Lipinski definition) is 6. The van der Waals surface area contributed by atoms with Crippen molar-refractivity contribution in [2.75, 3.05) is 26.7 Å². The Balaban J connectivity index is 0.00000260. The number of rotatable bonds is 7. The minimum absolute atomic E-state index is 0. The molecule has 12 heteroatoms. The second-order valence-corrected chi connectivity index (χ2v) is 12.4. The molecule has 0 aromatic heterocycles. The number of likely N-dealkylation sites (tertiary alicyclic amines) is 2. The molecule has 0 bridgehead atoms. The van der Waals surface area contributed by atoms with E-state index in [9.17, 15) is 29.4 Å². The van der Waals surface area contributed by atoms with Gasteiger partial charge in [-0.2, -0.15) is 27.0 Å². The number of hydrogen-bond donors (Lipinski definition) is 3. The Hall–Kier alpha value is -4.00. The number of carbonyl (C=O) groups excluding carboxylic acids is 3. The molecule has 3 amide bonds. The first-order valence-corrected chi connectivity index (χ1v) is 15.8. The molecule has 2 heterocycles. The summed E-state index contributed by atoms with van der Waals surface area (Å²) in [6.07, 6.45) is 0.989. The Bertz CT molecular complexity index is 1630. The summed E-state index contributed by atoms with van der Waals surface area (Å²) in [5, 5.41) is 23.4. The molecule has 3 aromatic carbocycles. The Labute approximate surface area is 294 Å². The predicted molar refractivity (Wildman–Crippen MR) is 190 cm³/mol. The van der Waals surface area contributed by atoms with Crippen molar-refractivity contribution in [1.29, 1.82) is 0 Å². The number of carboxylic acid groups (broad SMARTS) is 1. The molecule has 0 saturated carbocycles. The molecule has 3 N–H and O–H groups in total. The van der Waals surface area contributed by atoms with Gasteiger partial charge in [0, 0.05) is 32.1 Å². The van der Waals surface area contributed by atoms with E-state index in [0.717, 1.165) is 11.1 Å². The van der Waals surface area contributed by atoms with Gasteiger partial charge in [0.25, 0.3) is 5.91 Å². The van der Waals surface area contributed by atoms with Crippen molar-refractivity contribution in [3.05, 3.63) is 101 Å². The SMILES string of the molecule is COc1ccccc1C(=O)NC1CCN(C(=O)[C@H]2CC[C@@](C(=O)N3C[C@H](O)C[C@H]3C(=O)O)(c3ccccc3)c3ccccc32)CC1.S.S. The molecule has 3 aromatic rings. The second-order valence-electron chi connectivity index (χ2n) is 12.4. The molecule has 2 saturated heterocycles. The van der Waals surface area contributed by atoms with Crippen molar-refractivity contribution in [3.8, 4) is 5.75 Å². The molecule has 0 radical (unpaired) electrons. The van der Waals surface area contributed by atoms with Crippen LogP contribution in [0.2, 0.25) is 0 Å². The fourth-order valence-electron chi connectivity index (χ4n) is 7.54. The van der Waals surface area contributed by atoms with Gasteiger partial charge in [0.2, 0.25) is 11.8 Å². The van der Waals surface area contributed by atoms with Gasteiger partial charge in [-0.15, -0.1) is 0 Å². The maximum atomic E-state index is 14.6. The van der Waals surface area contributed by atoms with Crippen LogP contribution in [0.5, 0.6) is 5.75 Å². The summed E-state index contributed by atoms with van der Waals surface area (Å²) >= 11 is 0. The first-order valence-electron chi connectivity index (χ1n) is 15.8.